The summed E-state index contributed by atoms with van der Waals surface area (Å²) in [7, 11) is 0. The van der Waals surface area contributed by atoms with Gasteiger partial charge in [-0.1, -0.05) is 30.7 Å². The number of carbonyl (C=O) groups excluding carboxylic acids is 1. The molecule has 0 heterocycles. The molecule has 0 aliphatic heterocycles. The van der Waals surface area contributed by atoms with E-state index in [2.05, 4.69) is 36.5 Å². The SMILES string of the molecule is Cc1ccccc1CSCC(=O)N[C@H]1C[C@H]2CC[C@@H]1C2. The van der Waals surface area contributed by atoms with Gasteiger partial charge in [-0.25, -0.2) is 0 Å². The first-order chi connectivity index (χ1) is 9.72. The van der Waals surface area contributed by atoms with Gasteiger partial charge in [0, 0.05) is 11.8 Å². The number of fused-ring (bicyclic) bond motifs is 2. The van der Waals surface area contributed by atoms with Crippen LogP contribution in [0, 0.1) is 18.8 Å². The van der Waals surface area contributed by atoms with Crippen LogP contribution in [0.3, 0.4) is 0 Å². The lowest BCUT2D eigenvalue weighted by atomic mass is 9.95. The van der Waals surface area contributed by atoms with E-state index < -0.39 is 0 Å². The number of carbonyl (C=O) groups is 1. The Labute approximate surface area is 125 Å². The number of hydrogen-bond acceptors (Lipinski definition) is 2. The standard InChI is InChI=1S/C17H23NOS/c1-12-4-2-3-5-15(12)10-20-11-17(19)18-16-9-13-6-7-14(16)8-13/h2-5,13-14,16H,6-11H2,1H3,(H,18,19)/t13-,14+,16-/m0/s1. The van der Waals surface area contributed by atoms with Gasteiger partial charge >= 0.3 is 0 Å². The Morgan fingerprint density at radius 3 is 2.85 bits per heavy atom. The topological polar surface area (TPSA) is 29.1 Å². The second-order valence-electron chi connectivity index (χ2n) is 6.27. The maximum atomic E-state index is 12.0. The maximum Gasteiger partial charge on any atom is 0.230 e. The summed E-state index contributed by atoms with van der Waals surface area (Å²) in [5.41, 5.74) is 2.65. The van der Waals surface area contributed by atoms with E-state index in [0.717, 1.165) is 17.6 Å². The number of nitrogens with one attached hydrogen (secondary N) is 1. The fraction of sp³-hybridized carbons (Fsp3) is 0.588. The molecule has 2 aliphatic rings. The van der Waals surface area contributed by atoms with Crippen molar-refractivity contribution >= 4 is 17.7 Å². The molecule has 0 aromatic heterocycles. The molecule has 3 heteroatoms. The molecule has 0 radical (unpaired) electrons. The van der Waals surface area contributed by atoms with Gasteiger partial charge in [0.25, 0.3) is 0 Å². The van der Waals surface area contributed by atoms with Crippen LogP contribution in [0.4, 0.5) is 0 Å². The number of amides is 1. The van der Waals surface area contributed by atoms with Gasteiger partial charge in [-0.15, -0.1) is 11.8 Å². The average molecular weight is 289 g/mol. The fourth-order valence-corrected chi connectivity index (χ4v) is 4.61. The predicted octanol–water partition coefficient (Wildman–Crippen LogP) is 3.53. The van der Waals surface area contributed by atoms with E-state index in [9.17, 15) is 4.79 Å². The third-order valence-electron chi connectivity index (χ3n) is 4.84. The van der Waals surface area contributed by atoms with E-state index in [1.807, 2.05) is 0 Å². The normalized spacial score (nSPS) is 27.8. The minimum Gasteiger partial charge on any atom is -0.352 e. The second-order valence-corrected chi connectivity index (χ2v) is 7.25. The number of aryl methyl sites for hydroxylation is 1. The first-order valence-electron chi connectivity index (χ1n) is 7.64. The van der Waals surface area contributed by atoms with Crippen molar-refractivity contribution in [2.45, 2.75) is 44.4 Å². The lowest BCUT2D eigenvalue weighted by Gasteiger charge is -2.22. The summed E-state index contributed by atoms with van der Waals surface area (Å²) in [4.78, 5) is 12.0. The average Bonchev–Trinajstić information content (AvgIpc) is 3.03. The van der Waals surface area contributed by atoms with E-state index in [1.165, 1.54) is 36.8 Å². The van der Waals surface area contributed by atoms with Crippen LogP contribution in [-0.4, -0.2) is 17.7 Å². The molecule has 2 aliphatic carbocycles. The van der Waals surface area contributed by atoms with Crippen LogP contribution in [-0.2, 0) is 10.5 Å². The molecule has 0 unspecified atom stereocenters. The first kappa shape index (κ1) is 14.0. The summed E-state index contributed by atoms with van der Waals surface area (Å²) in [6.07, 6.45) is 5.28. The Kier molecular flexibility index (Phi) is 4.35. The molecular formula is C17H23NOS. The van der Waals surface area contributed by atoms with E-state index in [0.29, 0.717) is 11.8 Å². The molecule has 0 saturated heterocycles. The van der Waals surface area contributed by atoms with Gasteiger partial charge in [-0.2, -0.15) is 0 Å². The lowest BCUT2D eigenvalue weighted by molar-refractivity contribution is -0.119. The zero-order valence-corrected chi connectivity index (χ0v) is 12.9. The monoisotopic (exact) mass is 289 g/mol. The van der Waals surface area contributed by atoms with Crippen molar-refractivity contribution in [3.05, 3.63) is 35.4 Å². The van der Waals surface area contributed by atoms with Crippen molar-refractivity contribution in [1.29, 1.82) is 0 Å². The Morgan fingerprint density at radius 1 is 1.30 bits per heavy atom. The summed E-state index contributed by atoms with van der Waals surface area (Å²) in [6, 6.07) is 8.88. The highest BCUT2D eigenvalue weighted by Crippen LogP contribution is 2.44. The molecule has 1 amide bonds. The summed E-state index contributed by atoms with van der Waals surface area (Å²) in [5, 5.41) is 3.25. The summed E-state index contributed by atoms with van der Waals surface area (Å²) in [5.74, 6) is 3.40. The lowest BCUT2D eigenvalue weighted by Crippen LogP contribution is -2.39. The highest BCUT2D eigenvalue weighted by Gasteiger charge is 2.39. The number of hydrogen-bond donors (Lipinski definition) is 1. The van der Waals surface area contributed by atoms with Crippen molar-refractivity contribution in [2.75, 3.05) is 5.75 Å². The summed E-state index contributed by atoms with van der Waals surface area (Å²) < 4.78 is 0. The van der Waals surface area contributed by atoms with Crippen molar-refractivity contribution in [3.8, 4) is 0 Å². The molecular weight excluding hydrogens is 266 g/mol. The van der Waals surface area contributed by atoms with Crippen LogP contribution in [0.25, 0.3) is 0 Å². The van der Waals surface area contributed by atoms with E-state index in [4.69, 9.17) is 0 Å². The second kappa shape index (κ2) is 6.21. The number of benzene rings is 1. The van der Waals surface area contributed by atoms with Gasteiger partial charge < -0.3 is 5.32 Å². The van der Waals surface area contributed by atoms with Gasteiger partial charge in [-0.3, -0.25) is 4.79 Å². The van der Waals surface area contributed by atoms with Crippen LogP contribution in [0.15, 0.2) is 24.3 Å². The van der Waals surface area contributed by atoms with Gasteiger partial charge in [0.15, 0.2) is 0 Å². The molecule has 3 rings (SSSR count). The Balaban J connectivity index is 1.40. The van der Waals surface area contributed by atoms with Gasteiger partial charge in [0.1, 0.15) is 0 Å². The van der Waals surface area contributed by atoms with Crippen LogP contribution >= 0.6 is 11.8 Å². The Morgan fingerprint density at radius 2 is 2.15 bits per heavy atom. The minimum atomic E-state index is 0.223. The van der Waals surface area contributed by atoms with Crippen molar-refractivity contribution in [3.63, 3.8) is 0 Å². The van der Waals surface area contributed by atoms with Crippen molar-refractivity contribution < 1.29 is 4.79 Å². The molecule has 3 atom stereocenters. The molecule has 1 N–H and O–H groups in total. The highest BCUT2D eigenvalue weighted by molar-refractivity contribution is 7.99. The quantitative estimate of drug-likeness (QED) is 0.898. The smallest absolute Gasteiger partial charge is 0.230 e. The molecule has 1 aromatic carbocycles. The minimum absolute atomic E-state index is 0.223. The largest absolute Gasteiger partial charge is 0.352 e. The summed E-state index contributed by atoms with van der Waals surface area (Å²) >= 11 is 1.72. The molecule has 2 fully saturated rings. The van der Waals surface area contributed by atoms with Crippen LogP contribution in [0.1, 0.15) is 36.8 Å². The van der Waals surface area contributed by atoms with Crippen molar-refractivity contribution in [2.24, 2.45) is 11.8 Å². The Bertz CT molecular complexity index is 488. The maximum absolute atomic E-state index is 12.0. The zero-order chi connectivity index (χ0) is 13.9. The molecule has 2 nitrogen and oxygen atoms in total. The molecule has 108 valence electrons. The molecule has 20 heavy (non-hydrogen) atoms. The van der Waals surface area contributed by atoms with Crippen LogP contribution < -0.4 is 5.32 Å². The van der Waals surface area contributed by atoms with Crippen molar-refractivity contribution in [1.82, 2.24) is 5.32 Å². The van der Waals surface area contributed by atoms with Gasteiger partial charge in [0.2, 0.25) is 5.91 Å². The highest BCUT2D eigenvalue weighted by atomic mass is 32.2. The molecule has 2 bridgehead atoms. The molecule has 2 saturated carbocycles. The number of thioether (sulfide) groups is 1. The van der Waals surface area contributed by atoms with E-state index in [1.54, 1.807) is 11.8 Å². The van der Waals surface area contributed by atoms with Gasteiger partial charge in [-0.05, 0) is 49.1 Å². The third kappa shape index (κ3) is 3.20. The Hall–Kier alpha value is -0.960. The molecule has 1 aromatic rings. The first-order valence-corrected chi connectivity index (χ1v) is 8.79. The predicted molar refractivity (Wildman–Crippen MR) is 84.7 cm³/mol. The van der Waals surface area contributed by atoms with Crippen LogP contribution in [0.2, 0.25) is 0 Å². The van der Waals surface area contributed by atoms with E-state index in [-0.39, 0.29) is 5.91 Å². The third-order valence-corrected chi connectivity index (χ3v) is 5.82. The number of rotatable bonds is 5. The summed E-state index contributed by atoms with van der Waals surface area (Å²) in [6.45, 7) is 2.13. The molecule has 0 spiro atoms. The van der Waals surface area contributed by atoms with Gasteiger partial charge in [0.05, 0.1) is 5.75 Å². The van der Waals surface area contributed by atoms with E-state index >= 15 is 0 Å². The fourth-order valence-electron chi connectivity index (χ4n) is 3.70. The zero-order valence-electron chi connectivity index (χ0n) is 12.1. The van der Waals surface area contributed by atoms with Crippen LogP contribution in [0.5, 0.6) is 0 Å².